The standard InChI is InChI=1S/C25H18Cl2N2O5/c1-33-23-12-15(7-9-22(23)34-14-16-6-8-19(26)20(27)11-16)10-17(13-28)24(30)29-21-5-3-2-4-18(21)25(31)32/h2-12H,14H2,1H3,(H,29,30)(H,31,32)/b17-10+. The van der Waals surface area contributed by atoms with Crippen molar-refractivity contribution in [3.8, 4) is 17.6 Å². The van der Waals surface area contributed by atoms with Gasteiger partial charge in [0, 0.05) is 0 Å². The summed E-state index contributed by atoms with van der Waals surface area (Å²) in [6.45, 7) is 0.220. The minimum Gasteiger partial charge on any atom is -0.493 e. The molecule has 0 aliphatic carbocycles. The predicted molar refractivity (Wildman–Crippen MR) is 129 cm³/mol. The number of anilines is 1. The highest BCUT2D eigenvalue weighted by Gasteiger charge is 2.15. The lowest BCUT2D eigenvalue weighted by atomic mass is 10.1. The lowest BCUT2D eigenvalue weighted by Crippen LogP contribution is -2.16. The maximum atomic E-state index is 12.6. The molecule has 0 saturated carbocycles. The van der Waals surface area contributed by atoms with E-state index < -0.39 is 11.9 Å². The number of aromatic carboxylic acids is 1. The first kappa shape index (κ1) is 24.6. The number of hydrogen-bond acceptors (Lipinski definition) is 5. The van der Waals surface area contributed by atoms with Crippen molar-refractivity contribution < 1.29 is 24.2 Å². The van der Waals surface area contributed by atoms with Gasteiger partial charge in [-0.15, -0.1) is 0 Å². The monoisotopic (exact) mass is 496 g/mol. The molecule has 0 aliphatic rings. The molecule has 0 aromatic heterocycles. The fraction of sp³-hybridized carbons (Fsp3) is 0.0800. The summed E-state index contributed by atoms with van der Waals surface area (Å²) in [5.41, 5.74) is 1.11. The first-order valence-corrected chi connectivity index (χ1v) is 10.6. The van der Waals surface area contributed by atoms with Gasteiger partial charge in [0.05, 0.1) is 28.4 Å². The second-order valence-electron chi connectivity index (χ2n) is 6.92. The first-order chi connectivity index (χ1) is 16.3. The molecule has 1 amide bonds. The summed E-state index contributed by atoms with van der Waals surface area (Å²) in [6, 6.07) is 17.8. The number of para-hydroxylation sites is 1. The molecular formula is C25H18Cl2N2O5. The molecule has 0 heterocycles. The number of methoxy groups -OCH3 is 1. The van der Waals surface area contributed by atoms with Crippen molar-refractivity contribution >= 4 is 46.8 Å². The molecule has 0 spiro atoms. The molecule has 0 aliphatic heterocycles. The van der Waals surface area contributed by atoms with Crippen LogP contribution in [0, 0.1) is 11.3 Å². The lowest BCUT2D eigenvalue weighted by Gasteiger charge is -2.12. The topological polar surface area (TPSA) is 109 Å². The average molecular weight is 497 g/mol. The maximum absolute atomic E-state index is 12.6. The van der Waals surface area contributed by atoms with Crippen LogP contribution >= 0.6 is 23.2 Å². The summed E-state index contributed by atoms with van der Waals surface area (Å²) in [7, 11) is 1.47. The Morgan fingerprint density at radius 2 is 1.82 bits per heavy atom. The molecule has 34 heavy (non-hydrogen) atoms. The van der Waals surface area contributed by atoms with Crippen molar-refractivity contribution in [2.75, 3.05) is 12.4 Å². The molecule has 3 aromatic rings. The molecule has 0 radical (unpaired) electrons. The van der Waals surface area contributed by atoms with Crippen molar-refractivity contribution in [3.05, 3.63) is 93.0 Å². The van der Waals surface area contributed by atoms with Gasteiger partial charge in [0.1, 0.15) is 18.2 Å². The molecule has 9 heteroatoms. The second kappa shape index (κ2) is 11.2. The van der Waals surface area contributed by atoms with Crippen LogP contribution in [0.15, 0.2) is 66.2 Å². The van der Waals surface area contributed by atoms with Crippen LogP contribution in [0.4, 0.5) is 5.69 Å². The van der Waals surface area contributed by atoms with E-state index in [9.17, 15) is 20.0 Å². The zero-order chi connectivity index (χ0) is 24.7. The number of rotatable bonds is 8. The third kappa shape index (κ3) is 6.07. The van der Waals surface area contributed by atoms with Gasteiger partial charge in [-0.3, -0.25) is 4.79 Å². The van der Waals surface area contributed by atoms with Gasteiger partial charge in [0.2, 0.25) is 0 Å². The normalized spacial score (nSPS) is 10.8. The molecule has 172 valence electrons. The van der Waals surface area contributed by atoms with Crippen LogP contribution in [0.25, 0.3) is 6.08 Å². The van der Waals surface area contributed by atoms with E-state index in [1.54, 1.807) is 42.5 Å². The van der Waals surface area contributed by atoms with Crippen molar-refractivity contribution in [1.82, 2.24) is 0 Å². The number of hydrogen-bond donors (Lipinski definition) is 2. The quantitative estimate of drug-likeness (QED) is 0.300. The Labute approximate surface area is 205 Å². The first-order valence-electron chi connectivity index (χ1n) is 9.82. The number of carboxylic acid groups (broad SMARTS) is 1. The van der Waals surface area contributed by atoms with Gasteiger partial charge < -0.3 is 19.9 Å². The van der Waals surface area contributed by atoms with E-state index in [0.29, 0.717) is 27.1 Å². The Balaban J connectivity index is 1.78. The van der Waals surface area contributed by atoms with E-state index in [-0.39, 0.29) is 23.4 Å². The maximum Gasteiger partial charge on any atom is 0.337 e. The SMILES string of the molecule is COc1cc(/C=C(\C#N)C(=O)Nc2ccccc2C(=O)O)ccc1OCc1ccc(Cl)c(Cl)c1. The minimum atomic E-state index is -1.19. The third-order valence-corrected chi connectivity index (χ3v) is 5.39. The summed E-state index contributed by atoms with van der Waals surface area (Å²) in [5.74, 6) is -1.10. The van der Waals surface area contributed by atoms with Gasteiger partial charge in [-0.1, -0.05) is 47.5 Å². The lowest BCUT2D eigenvalue weighted by molar-refractivity contribution is -0.112. The number of nitrogens with zero attached hydrogens (tertiary/aromatic N) is 1. The number of carboxylic acids is 1. The smallest absolute Gasteiger partial charge is 0.337 e. The molecule has 0 fully saturated rings. The Morgan fingerprint density at radius 1 is 1.06 bits per heavy atom. The highest BCUT2D eigenvalue weighted by atomic mass is 35.5. The average Bonchev–Trinajstić information content (AvgIpc) is 2.83. The minimum absolute atomic E-state index is 0.0849. The molecule has 0 bridgehead atoms. The Kier molecular flexibility index (Phi) is 8.14. The molecule has 2 N–H and O–H groups in total. The number of carbonyl (C=O) groups is 2. The summed E-state index contributed by atoms with van der Waals surface area (Å²) in [5, 5.41) is 22.1. The zero-order valence-electron chi connectivity index (χ0n) is 17.8. The van der Waals surface area contributed by atoms with Crippen molar-refractivity contribution in [2.24, 2.45) is 0 Å². The van der Waals surface area contributed by atoms with Gasteiger partial charge in [-0.2, -0.15) is 5.26 Å². The van der Waals surface area contributed by atoms with Gasteiger partial charge in [-0.25, -0.2) is 4.79 Å². The summed E-state index contributed by atoms with van der Waals surface area (Å²) >= 11 is 12.0. The Bertz CT molecular complexity index is 1310. The van der Waals surface area contributed by atoms with E-state index >= 15 is 0 Å². The molecule has 3 rings (SSSR count). The fourth-order valence-electron chi connectivity index (χ4n) is 2.97. The van der Waals surface area contributed by atoms with E-state index in [1.807, 2.05) is 6.07 Å². The van der Waals surface area contributed by atoms with Crippen LogP contribution in [0.1, 0.15) is 21.5 Å². The van der Waals surface area contributed by atoms with E-state index in [2.05, 4.69) is 5.32 Å². The summed E-state index contributed by atoms with van der Waals surface area (Å²) in [4.78, 5) is 23.9. The highest BCUT2D eigenvalue weighted by molar-refractivity contribution is 6.42. The number of halogens is 2. The van der Waals surface area contributed by atoms with Gasteiger partial charge >= 0.3 is 5.97 Å². The predicted octanol–water partition coefficient (Wildman–Crippen LogP) is 5.82. The number of nitrogens with one attached hydrogen (secondary N) is 1. The molecule has 7 nitrogen and oxygen atoms in total. The largest absolute Gasteiger partial charge is 0.493 e. The fourth-order valence-corrected chi connectivity index (χ4v) is 3.29. The number of ether oxygens (including phenoxy) is 2. The van der Waals surface area contributed by atoms with Crippen LogP contribution in [-0.2, 0) is 11.4 Å². The number of nitriles is 1. The third-order valence-electron chi connectivity index (χ3n) is 4.65. The van der Waals surface area contributed by atoms with E-state index in [1.165, 1.54) is 31.4 Å². The van der Waals surface area contributed by atoms with E-state index in [0.717, 1.165) is 5.56 Å². The van der Waals surface area contributed by atoms with Crippen LogP contribution in [-0.4, -0.2) is 24.1 Å². The molecule has 0 atom stereocenters. The summed E-state index contributed by atoms with van der Waals surface area (Å²) in [6.07, 6.45) is 1.37. The van der Waals surface area contributed by atoms with Crippen LogP contribution in [0.3, 0.4) is 0 Å². The number of benzene rings is 3. The Hall–Kier alpha value is -3.99. The van der Waals surface area contributed by atoms with Gasteiger partial charge in [0.15, 0.2) is 11.5 Å². The Morgan fingerprint density at radius 3 is 2.50 bits per heavy atom. The van der Waals surface area contributed by atoms with Crippen LogP contribution in [0.2, 0.25) is 10.0 Å². The van der Waals surface area contributed by atoms with Crippen LogP contribution < -0.4 is 14.8 Å². The van der Waals surface area contributed by atoms with Crippen LogP contribution in [0.5, 0.6) is 11.5 Å². The van der Waals surface area contributed by atoms with Crippen molar-refractivity contribution in [1.29, 1.82) is 5.26 Å². The number of carbonyl (C=O) groups excluding carboxylic acids is 1. The van der Waals surface area contributed by atoms with Crippen molar-refractivity contribution in [2.45, 2.75) is 6.61 Å². The van der Waals surface area contributed by atoms with Gasteiger partial charge in [-0.05, 0) is 53.6 Å². The van der Waals surface area contributed by atoms with E-state index in [4.69, 9.17) is 32.7 Å². The second-order valence-corrected chi connectivity index (χ2v) is 7.74. The number of amides is 1. The molecular weight excluding hydrogens is 479 g/mol. The zero-order valence-corrected chi connectivity index (χ0v) is 19.4. The molecule has 0 unspecified atom stereocenters. The van der Waals surface area contributed by atoms with Gasteiger partial charge in [0.25, 0.3) is 5.91 Å². The van der Waals surface area contributed by atoms with Crippen molar-refractivity contribution in [3.63, 3.8) is 0 Å². The molecule has 3 aromatic carbocycles. The highest BCUT2D eigenvalue weighted by Crippen LogP contribution is 2.30. The summed E-state index contributed by atoms with van der Waals surface area (Å²) < 4.78 is 11.2. The molecule has 0 saturated heterocycles.